The van der Waals surface area contributed by atoms with Crippen LogP contribution < -0.4 is 10.2 Å². The summed E-state index contributed by atoms with van der Waals surface area (Å²) in [6, 6.07) is 11.2. The van der Waals surface area contributed by atoms with E-state index in [2.05, 4.69) is 10.2 Å². The SMILES string of the molecule is CN1c2cc(C(=O)NCc3ccc(F)cc3)ccc2C(=O)N2CCC[C@@H]21. The first-order valence-corrected chi connectivity index (χ1v) is 8.75. The average molecular weight is 353 g/mol. The Kier molecular flexibility index (Phi) is 4.11. The van der Waals surface area contributed by atoms with Crippen LogP contribution in [0.15, 0.2) is 42.5 Å². The highest BCUT2D eigenvalue weighted by atomic mass is 19.1. The summed E-state index contributed by atoms with van der Waals surface area (Å²) in [7, 11) is 1.97. The summed E-state index contributed by atoms with van der Waals surface area (Å²) >= 11 is 0. The predicted octanol–water partition coefficient (Wildman–Crippen LogP) is 2.77. The zero-order chi connectivity index (χ0) is 18.3. The minimum Gasteiger partial charge on any atom is -0.354 e. The molecule has 0 spiro atoms. The summed E-state index contributed by atoms with van der Waals surface area (Å²) in [5.41, 5.74) is 2.77. The molecule has 2 aromatic rings. The molecule has 4 rings (SSSR count). The van der Waals surface area contributed by atoms with Crippen LogP contribution in [0.25, 0.3) is 0 Å². The zero-order valence-electron chi connectivity index (χ0n) is 14.5. The maximum atomic E-state index is 12.9. The Hall–Kier alpha value is -2.89. The van der Waals surface area contributed by atoms with E-state index in [1.165, 1.54) is 12.1 Å². The molecule has 2 heterocycles. The van der Waals surface area contributed by atoms with Crippen molar-refractivity contribution in [1.82, 2.24) is 10.2 Å². The molecule has 1 saturated heterocycles. The van der Waals surface area contributed by atoms with Gasteiger partial charge in [-0.1, -0.05) is 12.1 Å². The third-order valence-corrected chi connectivity index (χ3v) is 5.17. The highest BCUT2D eigenvalue weighted by molar-refractivity contribution is 6.04. The van der Waals surface area contributed by atoms with Crippen molar-refractivity contribution in [1.29, 1.82) is 0 Å². The van der Waals surface area contributed by atoms with E-state index < -0.39 is 0 Å². The molecule has 2 aromatic carbocycles. The van der Waals surface area contributed by atoms with E-state index in [9.17, 15) is 14.0 Å². The molecule has 2 aliphatic heterocycles. The van der Waals surface area contributed by atoms with Gasteiger partial charge in [0.2, 0.25) is 0 Å². The Bertz CT molecular complexity index is 866. The lowest BCUT2D eigenvalue weighted by Gasteiger charge is -2.40. The summed E-state index contributed by atoms with van der Waals surface area (Å²) in [6.07, 6.45) is 2.02. The number of hydrogen-bond acceptors (Lipinski definition) is 3. The summed E-state index contributed by atoms with van der Waals surface area (Å²) in [4.78, 5) is 29.1. The van der Waals surface area contributed by atoms with Crippen molar-refractivity contribution in [3.63, 3.8) is 0 Å². The molecule has 134 valence electrons. The Morgan fingerprint density at radius 1 is 1.23 bits per heavy atom. The minimum absolute atomic E-state index is 0.0406. The van der Waals surface area contributed by atoms with Gasteiger partial charge in [-0.3, -0.25) is 9.59 Å². The largest absolute Gasteiger partial charge is 0.354 e. The lowest BCUT2D eigenvalue weighted by molar-refractivity contribution is 0.0719. The summed E-state index contributed by atoms with van der Waals surface area (Å²) in [5.74, 6) is -0.478. The fourth-order valence-electron chi connectivity index (χ4n) is 3.74. The molecule has 1 atom stereocenters. The van der Waals surface area contributed by atoms with Gasteiger partial charge in [-0.25, -0.2) is 4.39 Å². The van der Waals surface area contributed by atoms with Crippen LogP contribution in [0.4, 0.5) is 10.1 Å². The summed E-state index contributed by atoms with van der Waals surface area (Å²) in [6.45, 7) is 1.11. The minimum atomic E-state index is -0.302. The van der Waals surface area contributed by atoms with Crippen LogP contribution in [0.1, 0.15) is 39.1 Å². The Labute approximate surface area is 151 Å². The number of carbonyl (C=O) groups excluding carboxylic acids is 2. The second-order valence-corrected chi connectivity index (χ2v) is 6.77. The van der Waals surface area contributed by atoms with Gasteiger partial charge in [-0.2, -0.15) is 0 Å². The molecular formula is C20H20FN3O2. The first-order valence-electron chi connectivity index (χ1n) is 8.75. The van der Waals surface area contributed by atoms with Gasteiger partial charge in [0.05, 0.1) is 11.3 Å². The van der Waals surface area contributed by atoms with Crippen LogP contribution in [0.2, 0.25) is 0 Å². The third kappa shape index (κ3) is 2.81. The van der Waals surface area contributed by atoms with Crippen LogP contribution in [0.3, 0.4) is 0 Å². The Morgan fingerprint density at radius 3 is 2.77 bits per heavy atom. The van der Waals surface area contributed by atoms with E-state index in [1.54, 1.807) is 30.3 Å². The van der Waals surface area contributed by atoms with Crippen molar-refractivity contribution in [2.24, 2.45) is 0 Å². The zero-order valence-corrected chi connectivity index (χ0v) is 14.5. The van der Waals surface area contributed by atoms with Gasteiger partial charge in [0.15, 0.2) is 0 Å². The number of anilines is 1. The number of rotatable bonds is 3. The average Bonchev–Trinajstić information content (AvgIpc) is 3.15. The van der Waals surface area contributed by atoms with Crippen LogP contribution in [-0.4, -0.2) is 36.5 Å². The van der Waals surface area contributed by atoms with Crippen LogP contribution in [0, 0.1) is 5.82 Å². The topological polar surface area (TPSA) is 52.7 Å². The van der Waals surface area contributed by atoms with Crippen LogP contribution in [0.5, 0.6) is 0 Å². The normalized spacial score (nSPS) is 18.5. The van der Waals surface area contributed by atoms with Crippen molar-refractivity contribution in [3.8, 4) is 0 Å². The number of nitrogens with one attached hydrogen (secondary N) is 1. The van der Waals surface area contributed by atoms with Gasteiger partial charge in [-0.15, -0.1) is 0 Å². The Morgan fingerprint density at radius 2 is 2.00 bits per heavy atom. The fourth-order valence-corrected chi connectivity index (χ4v) is 3.74. The summed E-state index contributed by atoms with van der Waals surface area (Å²) < 4.78 is 12.9. The predicted molar refractivity (Wildman–Crippen MR) is 96.5 cm³/mol. The lowest BCUT2D eigenvalue weighted by Crippen LogP contribution is -2.50. The van der Waals surface area contributed by atoms with Gasteiger partial charge in [0, 0.05) is 25.7 Å². The van der Waals surface area contributed by atoms with E-state index in [0.717, 1.165) is 30.6 Å². The van der Waals surface area contributed by atoms with Gasteiger partial charge in [-0.05, 0) is 48.7 Å². The molecule has 2 amide bonds. The number of nitrogens with zero attached hydrogens (tertiary/aromatic N) is 2. The maximum absolute atomic E-state index is 12.9. The second kappa shape index (κ2) is 6.44. The lowest BCUT2D eigenvalue weighted by atomic mass is 10.0. The molecule has 0 radical (unpaired) electrons. The standard InChI is InChI=1S/C20H20FN3O2/c1-23-17-11-14(19(25)22-12-13-4-7-15(21)8-5-13)6-9-16(17)20(26)24-10-2-3-18(23)24/h4-9,11,18H,2-3,10,12H2,1H3,(H,22,25)/t18-/m1/s1. The third-order valence-electron chi connectivity index (χ3n) is 5.17. The van der Waals surface area contributed by atoms with E-state index in [4.69, 9.17) is 0 Å². The second-order valence-electron chi connectivity index (χ2n) is 6.77. The van der Waals surface area contributed by atoms with Crippen LogP contribution >= 0.6 is 0 Å². The molecule has 26 heavy (non-hydrogen) atoms. The van der Waals surface area contributed by atoms with Gasteiger partial charge < -0.3 is 15.1 Å². The summed E-state index contributed by atoms with van der Waals surface area (Å²) in [5, 5.41) is 2.84. The number of benzene rings is 2. The number of carbonyl (C=O) groups is 2. The number of fused-ring (bicyclic) bond motifs is 2. The van der Waals surface area contributed by atoms with E-state index in [1.807, 2.05) is 11.9 Å². The molecule has 0 bridgehead atoms. The highest BCUT2D eigenvalue weighted by Gasteiger charge is 2.38. The molecule has 0 aliphatic carbocycles. The van der Waals surface area contributed by atoms with Crippen molar-refractivity contribution >= 4 is 17.5 Å². The molecule has 6 heteroatoms. The Balaban J connectivity index is 1.53. The number of hydrogen-bond donors (Lipinski definition) is 1. The van der Waals surface area contributed by atoms with E-state index in [-0.39, 0.29) is 23.8 Å². The highest BCUT2D eigenvalue weighted by Crippen LogP contribution is 2.35. The first-order chi connectivity index (χ1) is 12.5. The molecule has 0 unspecified atom stereocenters. The van der Waals surface area contributed by atoms with Crippen molar-refractivity contribution in [2.75, 3.05) is 18.5 Å². The van der Waals surface area contributed by atoms with Gasteiger partial charge in [0.25, 0.3) is 11.8 Å². The van der Waals surface area contributed by atoms with Crippen molar-refractivity contribution in [3.05, 3.63) is 65.0 Å². The first kappa shape index (κ1) is 16.6. The number of amides is 2. The maximum Gasteiger partial charge on any atom is 0.257 e. The molecular weight excluding hydrogens is 333 g/mol. The van der Waals surface area contributed by atoms with E-state index >= 15 is 0 Å². The molecule has 2 aliphatic rings. The molecule has 0 saturated carbocycles. The van der Waals surface area contributed by atoms with Crippen molar-refractivity contribution in [2.45, 2.75) is 25.6 Å². The number of halogens is 1. The van der Waals surface area contributed by atoms with Gasteiger partial charge >= 0.3 is 0 Å². The molecule has 1 fully saturated rings. The van der Waals surface area contributed by atoms with Gasteiger partial charge in [0.1, 0.15) is 12.0 Å². The molecule has 5 nitrogen and oxygen atoms in total. The van der Waals surface area contributed by atoms with Crippen molar-refractivity contribution < 1.29 is 14.0 Å². The fraction of sp³-hybridized carbons (Fsp3) is 0.300. The smallest absolute Gasteiger partial charge is 0.257 e. The quantitative estimate of drug-likeness (QED) is 0.923. The molecule has 1 N–H and O–H groups in total. The van der Waals surface area contributed by atoms with Crippen LogP contribution in [-0.2, 0) is 6.54 Å². The molecule has 0 aromatic heterocycles. The van der Waals surface area contributed by atoms with E-state index in [0.29, 0.717) is 17.7 Å². The monoisotopic (exact) mass is 353 g/mol.